The van der Waals surface area contributed by atoms with Gasteiger partial charge in [0.15, 0.2) is 5.65 Å². The Hall–Kier alpha value is -2.30. The zero-order valence-corrected chi connectivity index (χ0v) is 15.3. The number of hydrogen-bond acceptors (Lipinski definition) is 3. The number of halogens is 1. The molecule has 0 radical (unpaired) electrons. The van der Waals surface area contributed by atoms with Gasteiger partial charge in [-0.05, 0) is 30.2 Å². The Kier molecular flexibility index (Phi) is 4.47. The smallest absolute Gasteiger partial charge is 0.164 e. The number of thioether (sulfide) groups is 1. The van der Waals surface area contributed by atoms with Crippen molar-refractivity contribution in [2.24, 2.45) is 0 Å². The summed E-state index contributed by atoms with van der Waals surface area (Å²) < 4.78 is 1.91. The van der Waals surface area contributed by atoms with Gasteiger partial charge in [-0.2, -0.15) is 5.10 Å². The Balaban J connectivity index is 1.73. The molecule has 0 saturated heterocycles. The molecule has 0 amide bonds. The number of rotatable bonds is 4. The molecule has 4 aromatic rings. The van der Waals surface area contributed by atoms with Crippen molar-refractivity contribution in [1.82, 2.24) is 14.6 Å². The van der Waals surface area contributed by atoms with Crippen molar-refractivity contribution >= 4 is 29.0 Å². The zero-order chi connectivity index (χ0) is 17.2. The minimum absolute atomic E-state index is 0.790. The molecule has 0 saturated carbocycles. The van der Waals surface area contributed by atoms with E-state index in [-0.39, 0.29) is 0 Å². The highest BCUT2D eigenvalue weighted by Crippen LogP contribution is 2.30. The molecule has 124 valence electrons. The van der Waals surface area contributed by atoms with E-state index < -0.39 is 0 Å². The molecule has 3 nitrogen and oxygen atoms in total. The van der Waals surface area contributed by atoms with Gasteiger partial charge in [-0.25, -0.2) is 9.50 Å². The first-order valence-electron chi connectivity index (χ1n) is 7.99. The third-order valence-electron chi connectivity index (χ3n) is 3.99. The molecule has 0 aliphatic rings. The minimum Gasteiger partial charge on any atom is -0.233 e. The van der Waals surface area contributed by atoms with E-state index in [0.717, 1.165) is 43.8 Å². The van der Waals surface area contributed by atoms with Crippen molar-refractivity contribution in [2.75, 3.05) is 0 Å². The molecule has 0 bridgehead atoms. The second-order valence-electron chi connectivity index (χ2n) is 5.78. The topological polar surface area (TPSA) is 30.2 Å². The lowest BCUT2D eigenvalue weighted by molar-refractivity contribution is 0.834. The van der Waals surface area contributed by atoms with E-state index >= 15 is 0 Å². The summed E-state index contributed by atoms with van der Waals surface area (Å²) in [7, 11) is 0. The van der Waals surface area contributed by atoms with Gasteiger partial charge in [-0.15, -0.1) is 11.8 Å². The summed E-state index contributed by atoms with van der Waals surface area (Å²) in [5, 5.41) is 6.42. The van der Waals surface area contributed by atoms with Gasteiger partial charge < -0.3 is 0 Å². The Morgan fingerprint density at radius 1 is 1.04 bits per heavy atom. The molecular weight excluding hydrogens is 350 g/mol. The molecular formula is C20H16ClN3S. The van der Waals surface area contributed by atoms with Crippen LogP contribution in [0.15, 0.2) is 71.9 Å². The van der Waals surface area contributed by atoms with E-state index in [4.69, 9.17) is 16.6 Å². The van der Waals surface area contributed by atoms with Crippen molar-refractivity contribution in [3.63, 3.8) is 0 Å². The largest absolute Gasteiger partial charge is 0.233 e. The lowest BCUT2D eigenvalue weighted by Gasteiger charge is -2.08. The molecule has 0 spiro atoms. The fraction of sp³-hybridized carbons (Fsp3) is 0.100. The second-order valence-corrected chi connectivity index (χ2v) is 7.18. The summed E-state index contributed by atoms with van der Waals surface area (Å²) >= 11 is 7.99. The molecule has 0 fully saturated rings. The molecule has 0 aliphatic carbocycles. The summed E-state index contributed by atoms with van der Waals surface area (Å²) in [5.41, 5.74) is 5.15. The maximum absolute atomic E-state index is 6.28. The standard InChI is InChI=1S/C20H16ClN3S/c1-14-11-19(25-13-16-9-5-6-10-18(16)21)24-20(23-14)17(12-22-24)15-7-3-2-4-8-15/h2-12H,13H2,1H3. The molecule has 2 heterocycles. The third kappa shape index (κ3) is 3.28. The van der Waals surface area contributed by atoms with Gasteiger partial charge in [0.05, 0.1) is 6.20 Å². The maximum Gasteiger partial charge on any atom is 0.164 e. The van der Waals surface area contributed by atoms with Gasteiger partial charge in [-0.3, -0.25) is 0 Å². The van der Waals surface area contributed by atoms with E-state index in [2.05, 4.69) is 29.4 Å². The number of fused-ring (bicyclic) bond motifs is 1. The van der Waals surface area contributed by atoms with Crippen molar-refractivity contribution in [3.05, 3.63) is 83.1 Å². The Bertz CT molecular complexity index is 1030. The molecule has 0 unspecified atom stereocenters. The van der Waals surface area contributed by atoms with E-state index in [1.165, 1.54) is 0 Å². The average Bonchev–Trinajstić information content (AvgIpc) is 3.05. The normalized spacial score (nSPS) is 11.1. The van der Waals surface area contributed by atoms with Gasteiger partial charge in [0, 0.05) is 22.0 Å². The van der Waals surface area contributed by atoms with Crippen molar-refractivity contribution < 1.29 is 0 Å². The number of nitrogens with zero attached hydrogens (tertiary/aromatic N) is 3. The predicted octanol–water partition coefficient (Wildman–Crippen LogP) is 5.65. The quantitative estimate of drug-likeness (QED) is 0.346. The lowest BCUT2D eigenvalue weighted by Crippen LogP contribution is -1.97. The van der Waals surface area contributed by atoms with Crippen molar-refractivity contribution in [3.8, 4) is 11.1 Å². The minimum atomic E-state index is 0.790. The summed E-state index contributed by atoms with van der Waals surface area (Å²) in [5.74, 6) is 0.790. The molecule has 5 heteroatoms. The van der Waals surface area contributed by atoms with Gasteiger partial charge in [-0.1, -0.05) is 60.1 Å². The molecule has 0 N–H and O–H groups in total. The lowest BCUT2D eigenvalue weighted by atomic mass is 10.1. The van der Waals surface area contributed by atoms with Gasteiger partial charge >= 0.3 is 0 Å². The van der Waals surface area contributed by atoms with E-state index in [1.54, 1.807) is 11.8 Å². The fourth-order valence-electron chi connectivity index (χ4n) is 2.74. The monoisotopic (exact) mass is 365 g/mol. The number of aromatic nitrogens is 3. The van der Waals surface area contributed by atoms with Gasteiger partial charge in [0.25, 0.3) is 0 Å². The Morgan fingerprint density at radius 3 is 2.60 bits per heavy atom. The van der Waals surface area contributed by atoms with E-state index in [9.17, 15) is 0 Å². The van der Waals surface area contributed by atoms with Crippen LogP contribution in [0.25, 0.3) is 16.8 Å². The fourth-order valence-corrected chi connectivity index (χ4v) is 4.09. The van der Waals surface area contributed by atoms with E-state index in [0.29, 0.717) is 0 Å². The first-order valence-corrected chi connectivity index (χ1v) is 9.36. The zero-order valence-electron chi connectivity index (χ0n) is 13.7. The molecule has 25 heavy (non-hydrogen) atoms. The summed E-state index contributed by atoms with van der Waals surface area (Å²) in [6, 6.07) is 20.2. The first-order chi connectivity index (χ1) is 12.2. The van der Waals surface area contributed by atoms with Gasteiger partial charge in [0.2, 0.25) is 0 Å². The van der Waals surface area contributed by atoms with Crippen LogP contribution in [0.4, 0.5) is 0 Å². The van der Waals surface area contributed by atoms with Crippen LogP contribution in [-0.2, 0) is 5.75 Å². The highest BCUT2D eigenvalue weighted by atomic mass is 35.5. The van der Waals surface area contributed by atoms with Crippen LogP contribution >= 0.6 is 23.4 Å². The Labute approximate surface area is 155 Å². The van der Waals surface area contributed by atoms with Crippen LogP contribution in [0.1, 0.15) is 11.3 Å². The van der Waals surface area contributed by atoms with Crippen molar-refractivity contribution in [1.29, 1.82) is 0 Å². The number of benzene rings is 2. The van der Waals surface area contributed by atoms with Gasteiger partial charge in [0.1, 0.15) is 5.03 Å². The number of aryl methyl sites for hydroxylation is 1. The maximum atomic E-state index is 6.28. The molecule has 2 aromatic carbocycles. The van der Waals surface area contributed by atoms with Crippen LogP contribution < -0.4 is 0 Å². The highest BCUT2D eigenvalue weighted by molar-refractivity contribution is 7.98. The molecule has 4 rings (SSSR count). The average molecular weight is 366 g/mol. The second kappa shape index (κ2) is 6.90. The number of hydrogen-bond donors (Lipinski definition) is 0. The van der Waals surface area contributed by atoms with Crippen LogP contribution in [0, 0.1) is 6.92 Å². The van der Waals surface area contributed by atoms with Crippen LogP contribution in [0.3, 0.4) is 0 Å². The van der Waals surface area contributed by atoms with Crippen molar-refractivity contribution in [2.45, 2.75) is 17.7 Å². The van der Waals surface area contributed by atoms with Crippen LogP contribution in [0.2, 0.25) is 5.02 Å². The molecule has 0 aliphatic heterocycles. The first kappa shape index (κ1) is 16.2. The van der Waals surface area contributed by atoms with E-state index in [1.807, 2.05) is 54.0 Å². The van der Waals surface area contributed by atoms with Crippen LogP contribution in [0.5, 0.6) is 0 Å². The molecule has 0 atom stereocenters. The molecule has 2 aromatic heterocycles. The summed E-state index contributed by atoms with van der Waals surface area (Å²) in [6.45, 7) is 2.02. The predicted molar refractivity (Wildman–Crippen MR) is 104 cm³/mol. The highest BCUT2D eigenvalue weighted by Gasteiger charge is 2.12. The Morgan fingerprint density at radius 2 is 1.80 bits per heavy atom. The summed E-state index contributed by atoms with van der Waals surface area (Å²) in [6.07, 6.45) is 1.89. The SMILES string of the molecule is Cc1cc(SCc2ccccc2Cl)n2ncc(-c3ccccc3)c2n1. The summed E-state index contributed by atoms with van der Waals surface area (Å²) in [4.78, 5) is 4.71. The third-order valence-corrected chi connectivity index (χ3v) is 5.40. The van der Waals surface area contributed by atoms with Crippen LogP contribution in [-0.4, -0.2) is 14.6 Å².